The van der Waals surface area contributed by atoms with Crippen molar-refractivity contribution in [1.82, 2.24) is 9.88 Å². The molecular weight excluding hydrogens is 268 g/mol. The van der Waals surface area contributed by atoms with Crippen LogP contribution in [0.1, 0.15) is 30.6 Å². The lowest BCUT2D eigenvalue weighted by Crippen LogP contribution is -2.33. The number of hydrogen-bond donors (Lipinski definition) is 1. The Bertz CT molecular complexity index is 670. The summed E-state index contributed by atoms with van der Waals surface area (Å²) in [6.07, 6.45) is 1.30. The summed E-state index contributed by atoms with van der Waals surface area (Å²) in [4.78, 5) is 28.4. The van der Waals surface area contributed by atoms with E-state index in [0.29, 0.717) is 24.9 Å². The number of rotatable bonds is 6. The van der Waals surface area contributed by atoms with Crippen molar-refractivity contribution in [2.75, 3.05) is 6.54 Å². The van der Waals surface area contributed by atoms with E-state index in [1.807, 2.05) is 26.0 Å². The molecule has 0 spiro atoms. The molecule has 110 valence electrons. The molecule has 1 heterocycles. The normalized spacial score (nSPS) is 12.1. The van der Waals surface area contributed by atoms with Crippen LogP contribution in [0.3, 0.4) is 0 Å². The molecule has 0 aliphatic heterocycles. The molecule has 1 unspecified atom stereocenters. The SMILES string of the molecule is CCCN(C=O)C(C(=O)O)c1ccc2nc(C)ccc2c1. The minimum Gasteiger partial charge on any atom is -0.479 e. The van der Waals surface area contributed by atoms with Crippen molar-refractivity contribution in [1.29, 1.82) is 0 Å². The van der Waals surface area contributed by atoms with E-state index in [1.165, 1.54) is 4.90 Å². The van der Waals surface area contributed by atoms with Crippen LogP contribution < -0.4 is 0 Å². The molecule has 1 aromatic heterocycles. The van der Waals surface area contributed by atoms with Gasteiger partial charge in [-0.15, -0.1) is 0 Å². The Labute approximate surface area is 123 Å². The predicted octanol–water partition coefficient (Wildman–Crippen LogP) is 2.54. The summed E-state index contributed by atoms with van der Waals surface area (Å²) in [5.41, 5.74) is 2.31. The maximum Gasteiger partial charge on any atom is 0.331 e. The summed E-state index contributed by atoms with van der Waals surface area (Å²) in [6.45, 7) is 4.22. The van der Waals surface area contributed by atoms with Crippen molar-refractivity contribution in [2.24, 2.45) is 0 Å². The van der Waals surface area contributed by atoms with Gasteiger partial charge in [-0.05, 0) is 37.1 Å². The Morgan fingerprint density at radius 1 is 1.38 bits per heavy atom. The molecule has 1 aromatic carbocycles. The third-order valence-electron chi connectivity index (χ3n) is 3.35. The number of hydrogen-bond acceptors (Lipinski definition) is 3. The molecule has 0 radical (unpaired) electrons. The second kappa shape index (κ2) is 6.35. The average Bonchev–Trinajstić information content (AvgIpc) is 2.46. The van der Waals surface area contributed by atoms with Gasteiger partial charge in [-0.2, -0.15) is 0 Å². The third-order valence-corrected chi connectivity index (χ3v) is 3.35. The van der Waals surface area contributed by atoms with Gasteiger partial charge in [0.05, 0.1) is 5.52 Å². The lowest BCUT2D eigenvalue weighted by Gasteiger charge is -2.25. The van der Waals surface area contributed by atoms with Gasteiger partial charge < -0.3 is 10.0 Å². The number of carbonyl (C=O) groups is 2. The number of benzene rings is 1. The zero-order chi connectivity index (χ0) is 15.4. The first-order chi connectivity index (χ1) is 10.1. The summed E-state index contributed by atoms with van der Waals surface area (Å²) >= 11 is 0. The van der Waals surface area contributed by atoms with Gasteiger partial charge in [-0.1, -0.05) is 19.1 Å². The summed E-state index contributed by atoms with van der Waals surface area (Å²) in [5.74, 6) is -1.03. The second-order valence-electron chi connectivity index (χ2n) is 4.99. The van der Waals surface area contributed by atoms with Crippen LogP contribution in [0.5, 0.6) is 0 Å². The maximum absolute atomic E-state index is 11.5. The summed E-state index contributed by atoms with van der Waals surface area (Å²) < 4.78 is 0. The Morgan fingerprint density at radius 2 is 2.14 bits per heavy atom. The van der Waals surface area contributed by atoms with Crippen molar-refractivity contribution >= 4 is 23.3 Å². The van der Waals surface area contributed by atoms with Gasteiger partial charge in [-0.25, -0.2) is 4.79 Å². The number of aromatic nitrogens is 1. The van der Waals surface area contributed by atoms with E-state index < -0.39 is 12.0 Å². The molecule has 0 aliphatic rings. The molecule has 1 atom stereocenters. The number of carbonyl (C=O) groups excluding carboxylic acids is 1. The topological polar surface area (TPSA) is 70.5 Å². The lowest BCUT2D eigenvalue weighted by atomic mass is 10.0. The molecule has 2 rings (SSSR count). The summed E-state index contributed by atoms with van der Waals surface area (Å²) in [6, 6.07) is 8.12. The highest BCUT2D eigenvalue weighted by Crippen LogP contribution is 2.24. The van der Waals surface area contributed by atoms with Crippen molar-refractivity contribution in [3.05, 3.63) is 41.6 Å². The standard InChI is InChI=1S/C16H18N2O3/c1-3-8-18(10-19)15(16(20)21)13-6-7-14-12(9-13)5-4-11(2)17-14/h4-7,9-10,15H,3,8H2,1-2H3,(H,20,21). The van der Waals surface area contributed by atoms with Crippen LogP contribution >= 0.6 is 0 Å². The molecule has 0 aliphatic carbocycles. The Hall–Kier alpha value is -2.43. The zero-order valence-corrected chi connectivity index (χ0v) is 12.1. The van der Waals surface area contributed by atoms with Crippen LogP contribution in [0.25, 0.3) is 10.9 Å². The average molecular weight is 286 g/mol. The molecule has 21 heavy (non-hydrogen) atoms. The third kappa shape index (κ3) is 3.18. The Morgan fingerprint density at radius 3 is 2.76 bits per heavy atom. The minimum absolute atomic E-state index is 0.407. The number of carboxylic acid groups (broad SMARTS) is 1. The fourth-order valence-electron chi connectivity index (χ4n) is 2.39. The van der Waals surface area contributed by atoms with E-state index >= 15 is 0 Å². The smallest absolute Gasteiger partial charge is 0.331 e. The van der Waals surface area contributed by atoms with E-state index in [4.69, 9.17) is 0 Å². The lowest BCUT2D eigenvalue weighted by molar-refractivity contribution is -0.146. The molecule has 2 aromatic rings. The molecule has 5 nitrogen and oxygen atoms in total. The monoisotopic (exact) mass is 286 g/mol. The van der Waals surface area contributed by atoms with Gasteiger partial charge in [0, 0.05) is 17.6 Å². The first-order valence-electron chi connectivity index (χ1n) is 6.88. The van der Waals surface area contributed by atoms with Crippen LogP contribution in [0.4, 0.5) is 0 Å². The van der Waals surface area contributed by atoms with Crippen LogP contribution in [-0.2, 0) is 9.59 Å². The molecule has 5 heteroatoms. The fourth-order valence-corrected chi connectivity index (χ4v) is 2.39. The van der Waals surface area contributed by atoms with E-state index in [2.05, 4.69) is 4.98 Å². The molecule has 0 bridgehead atoms. The number of fused-ring (bicyclic) bond motifs is 1. The summed E-state index contributed by atoms with van der Waals surface area (Å²) in [5, 5.41) is 10.3. The number of pyridine rings is 1. The molecule has 0 saturated heterocycles. The highest BCUT2D eigenvalue weighted by Gasteiger charge is 2.26. The van der Waals surface area contributed by atoms with Crippen LogP contribution in [0, 0.1) is 6.92 Å². The van der Waals surface area contributed by atoms with Crippen molar-refractivity contribution < 1.29 is 14.7 Å². The first kappa shape index (κ1) is 15.0. The summed E-state index contributed by atoms with van der Waals surface area (Å²) in [7, 11) is 0. The van der Waals surface area contributed by atoms with Gasteiger partial charge in [0.1, 0.15) is 0 Å². The largest absolute Gasteiger partial charge is 0.479 e. The minimum atomic E-state index is -1.03. The van der Waals surface area contributed by atoms with Gasteiger partial charge >= 0.3 is 5.97 Å². The van der Waals surface area contributed by atoms with Gasteiger partial charge in [0.25, 0.3) is 0 Å². The second-order valence-corrected chi connectivity index (χ2v) is 4.99. The number of aryl methyl sites for hydroxylation is 1. The van der Waals surface area contributed by atoms with E-state index in [9.17, 15) is 14.7 Å². The highest BCUT2D eigenvalue weighted by atomic mass is 16.4. The molecule has 1 N–H and O–H groups in total. The fraction of sp³-hybridized carbons (Fsp3) is 0.312. The van der Waals surface area contributed by atoms with Crippen LogP contribution in [0.15, 0.2) is 30.3 Å². The van der Waals surface area contributed by atoms with E-state index in [-0.39, 0.29) is 0 Å². The van der Waals surface area contributed by atoms with Gasteiger partial charge in [-0.3, -0.25) is 9.78 Å². The van der Waals surface area contributed by atoms with E-state index in [1.54, 1.807) is 18.2 Å². The molecule has 1 amide bonds. The highest BCUT2D eigenvalue weighted by molar-refractivity contribution is 5.83. The van der Waals surface area contributed by atoms with Crippen LogP contribution in [0.2, 0.25) is 0 Å². The van der Waals surface area contributed by atoms with Crippen LogP contribution in [-0.4, -0.2) is 33.9 Å². The van der Waals surface area contributed by atoms with Crippen molar-refractivity contribution in [2.45, 2.75) is 26.3 Å². The van der Waals surface area contributed by atoms with E-state index in [0.717, 1.165) is 16.6 Å². The van der Waals surface area contributed by atoms with Gasteiger partial charge in [0.15, 0.2) is 6.04 Å². The number of carboxylic acids is 1. The van der Waals surface area contributed by atoms with Gasteiger partial charge in [0.2, 0.25) is 6.41 Å². The number of aliphatic carboxylic acids is 1. The molecule has 0 saturated carbocycles. The zero-order valence-electron chi connectivity index (χ0n) is 12.1. The first-order valence-corrected chi connectivity index (χ1v) is 6.88. The van der Waals surface area contributed by atoms with Crippen molar-refractivity contribution in [3.8, 4) is 0 Å². The number of amides is 1. The quantitative estimate of drug-likeness (QED) is 0.828. The molecular formula is C16H18N2O3. The number of nitrogens with zero attached hydrogens (tertiary/aromatic N) is 2. The maximum atomic E-state index is 11.5. The molecule has 0 fully saturated rings. The Balaban J connectivity index is 2.47. The Kier molecular flexibility index (Phi) is 4.52. The predicted molar refractivity (Wildman–Crippen MR) is 79.9 cm³/mol. The van der Waals surface area contributed by atoms with Crippen molar-refractivity contribution in [3.63, 3.8) is 0 Å².